The lowest BCUT2D eigenvalue weighted by Gasteiger charge is -2.32. The zero-order valence-corrected chi connectivity index (χ0v) is 20.5. The zero-order valence-electron chi connectivity index (χ0n) is 20.5. The van der Waals surface area contributed by atoms with Crippen LogP contribution >= 0.6 is 0 Å². The Morgan fingerprint density at radius 2 is 1.89 bits per heavy atom. The molecule has 0 amide bonds. The first-order chi connectivity index (χ1) is 17.0. The number of aromatic nitrogens is 4. The summed E-state index contributed by atoms with van der Waals surface area (Å²) < 4.78 is 5.62. The maximum atomic E-state index is 10.2. The van der Waals surface area contributed by atoms with Crippen molar-refractivity contribution in [2.24, 2.45) is 0 Å². The maximum Gasteiger partial charge on any atom is 0.229 e. The smallest absolute Gasteiger partial charge is 0.229 e. The van der Waals surface area contributed by atoms with Crippen molar-refractivity contribution in [3.8, 4) is 0 Å². The number of piperazine rings is 1. The summed E-state index contributed by atoms with van der Waals surface area (Å²) in [5.41, 5.74) is 2.56. The highest BCUT2D eigenvalue weighted by Crippen LogP contribution is 2.28. The number of rotatable bonds is 6. The van der Waals surface area contributed by atoms with Crippen LogP contribution in [0.4, 0.5) is 17.6 Å². The topological polar surface area (TPSA) is 103 Å². The molecule has 35 heavy (non-hydrogen) atoms. The second-order valence-corrected chi connectivity index (χ2v) is 9.39. The van der Waals surface area contributed by atoms with Crippen LogP contribution in [0.25, 0.3) is 10.9 Å². The molecular formula is C25H34N8O2. The fourth-order valence-corrected chi connectivity index (χ4v) is 4.47. The van der Waals surface area contributed by atoms with Gasteiger partial charge in [-0.2, -0.15) is 0 Å². The van der Waals surface area contributed by atoms with Gasteiger partial charge in [0.25, 0.3) is 0 Å². The molecule has 0 saturated carbocycles. The van der Waals surface area contributed by atoms with E-state index in [1.165, 1.54) is 5.56 Å². The molecule has 186 valence electrons. The van der Waals surface area contributed by atoms with Gasteiger partial charge in [-0.1, -0.05) is 6.07 Å². The van der Waals surface area contributed by atoms with Crippen LogP contribution < -0.4 is 10.2 Å². The third-order valence-electron chi connectivity index (χ3n) is 6.58. The fourth-order valence-electron chi connectivity index (χ4n) is 4.47. The summed E-state index contributed by atoms with van der Waals surface area (Å²) in [4.78, 5) is 25.7. The maximum absolute atomic E-state index is 10.2. The highest BCUT2D eigenvalue weighted by atomic mass is 16.5. The third kappa shape index (κ3) is 5.84. The van der Waals surface area contributed by atoms with Crippen LogP contribution in [0.3, 0.4) is 0 Å². The average molecular weight is 479 g/mol. The Kier molecular flexibility index (Phi) is 7.33. The van der Waals surface area contributed by atoms with Gasteiger partial charge in [0.1, 0.15) is 11.3 Å². The Labute approximate surface area is 206 Å². The van der Waals surface area contributed by atoms with Gasteiger partial charge in [0.05, 0.1) is 18.4 Å². The van der Waals surface area contributed by atoms with Crippen LogP contribution in [-0.4, -0.2) is 94.4 Å². The molecule has 1 unspecified atom stereocenters. The van der Waals surface area contributed by atoms with Crippen LogP contribution in [0.15, 0.2) is 30.6 Å². The summed E-state index contributed by atoms with van der Waals surface area (Å²) in [6.45, 7) is 9.94. The van der Waals surface area contributed by atoms with E-state index in [-0.39, 0.29) is 0 Å². The Morgan fingerprint density at radius 1 is 1.03 bits per heavy atom. The van der Waals surface area contributed by atoms with E-state index in [1.807, 2.05) is 18.3 Å². The summed E-state index contributed by atoms with van der Waals surface area (Å²) >= 11 is 0. The molecule has 2 N–H and O–H groups in total. The van der Waals surface area contributed by atoms with Crippen LogP contribution in [0.5, 0.6) is 0 Å². The number of fused-ring (bicyclic) bond motifs is 1. The third-order valence-corrected chi connectivity index (χ3v) is 6.58. The number of ether oxygens (including phenoxy) is 1. The lowest BCUT2D eigenvalue weighted by molar-refractivity contribution is 0.148. The van der Waals surface area contributed by atoms with E-state index in [0.29, 0.717) is 24.1 Å². The van der Waals surface area contributed by atoms with E-state index in [2.05, 4.69) is 43.1 Å². The lowest BCUT2D eigenvalue weighted by Crippen LogP contribution is -2.43. The van der Waals surface area contributed by atoms with E-state index in [1.54, 1.807) is 13.1 Å². The van der Waals surface area contributed by atoms with E-state index < -0.39 is 6.10 Å². The molecular weight excluding hydrogens is 444 g/mol. The molecule has 2 saturated heterocycles. The number of likely N-dealkylation sites (N-methyl/N-ethyl adjacent to an activating group) is 1. The van der Waals surface area contributed by atoms with Crippen molar-refractivity contribution in [2.75, 3.05) is 69.7 Å². The lowest BCUT2D eigenvalue weighted by atomic mass is 10.2. The quantitative estimate of drug-likeness (QED) is 0.548. The van der Waals surface area contributed by atoms with Gasteiger partial charge in [0, 0.05) is 70.2 Å². The highest BCUT2D eigenvalue weighted by Gasteiger charge is 2.19. The number of hydrogen-bond donors (Lipinski definition) is 2. The Hall–Kier alpha value is -2.92. The van der Waals surface area contributed by atoms with Gasteiger partial charge in [-0.15, -0.1) is 0 Å². The van der Waals surface area contributed by atoms with Crippen molar-refractivity contribution < 1.29 is 9.84 Å². The van der Waals surface area contributed by atoms with Crippen LogP contribution in [0.2, 0.25) is 0 Å². The van der Waals surface area contributed by atoms with E-state index >= 15 is 0 Å². The Bertz CT molecular complexity index is 1120. The molecule has 10 nitrogen and oxygen atoms in total. The zero-order chi connectivity index (χ0) is 24.2. The molecule has 10 heteroatoms. The predicted octanol–water partition coefficient (Wildman–Crippen LogP) is 2.19. The molecule has 2 aliphatic rings. The molecule has 5 rings (SSSR count). The van der Waals surface area contributed by atoms with Crippen LogP contribution in [0, 0.1) is 0 Å². The van der Waals surface area contributed by atoms with Crippen LogP contribution in [0.1, 0.15) is 30.7 Å². The summed E-state index contributed by atoms with van der Waals surface area (Å²) in [7, 11) is 2.17. The summed E-state index contributed by atoms with van der Waals surface area (Å²) in [6.07, 6.45) is 3.94. The molecule has 0 bridgehead atoms. The monoisotopic (exact) mass is 478 g/mol. The number of anilines is 3. The summed E-state index contributed by atoms with van der Waals surface area (Å²) in [6, 6.07) is 5.93. The van der Waals surface area contributed by atoms with Gasteiger partial charge >= 0.3 is 0 Å². The number of nitrogens with one attached hydrogen (secondary N) is 1. The van der Waals surface area contributed by atoms with Gasteiger partial charge in [0.2, 0.25) is 5.95 Å². The number of aliphatic hydroxyl groups is 1. The first-order valence-electron chi connectivity index (χ1n) is 12.4. The minimum absolute atomic E-state index is 0.468. The number of aliphatic hydroxyl groups excluding tert-OH is 1. The van der Waals surface area contributed by atoms with Crippen molar-refractivity contribution in [1.82, 2.24) is 29.7 Å². The summed E-state index contributed by atoms with van der Waals surface area (Å²) in [5.74, 6) is 1.92. The van der Waals surface area contributed by atoms with Crippen molar-refractivity contribution >= 4 is 28.5 Å². The van der Waals surface area contributed by atoms with E-state index in [0.717, 1.165) is 75.6 Å². The molecule has 0 aliphatic carbocycles. The van der Waals surface area contributed by atoms with Crippen LogP contribution in [-0.2, 0) is 11.3 Å². The standard InChI is InChI=1S/C25H34N8O2/c1-18(34)21-14-20-16-27-25(30-23(20)24(28-21)33-6-3-12-35-13-11-33)29-22-5-4-19(15-26-22)17-32-9-7-31(2)8-10-32/h4-5,14-16,18,34H,3,6-13,17H2,1-2H3,(H,26,27,29,30). The predicted molar refractivity (Wildman–Crippen MR) is 136 cm³/mol. The molecule has 3 aromatic rings. The van der Waals surface area contributed by atoms with Gasteiger partial charge in [-0.25, -0.2) is 19.9 Å². The van der Waals surface area contributed by atoms with Gasteiger partial charge < -0.3 is 25.0 Å². The first kappa shape index (κ1) is 23.8. The van der Waals surface area contributed by atoms with E-state index in [9.17, 15) is 5.11 Å². The normalized spacial score (nSPS) is 19.0. The second-order valence-electron chi connectivity index (χ2n) is 9.39. The molecule has 5 heterocycles. The molecule has 2 aliphatic heterocycles. The number of pyridine rings is 2. The van der Waals surface area contributed by atoms with Gasteiger partial charge in [0.15, 0.2) is 5.82 Å². The SMILES string of the molecule is CC(O)c1cc2cnc(Nc3ccc(CN4CCN(C)CC4)cn3)nc2c(N2CCCOCC2)n1. The number of hydrogen-bond acceptors (Lipinski definition) is 10. The Balaban J connectivity index is 1.35. The first-order valence-corrected chi connectivity index (χ1v) is 12.4. The van der Waals surface area contributed by atoms with Gasteiger partial charge in [-0.05, 0) is 38.1 Å². The minimum atomic E-state index is -0.673. The number of nitrogens with zero attached hydrogens (tertiary/aromatic N) is 7. The minimum Gasteiger partial charge on any atom is -0.387 e. The molecule has 0 radical (unpaired) electrons. The fraction of sp³-hybridized carbons (Fsp3) is 0.520. The van der Waals surface area contributed by atoms with Crippen molar-refractivity contribution in [3.05, 3.63) is 41.9 Å². The van der Waals surface area contributed by atoms with Crippen molar-refractivity contribution in [3.63, 3.8) is 0 Å². The molecule has 3 aromatic heterocycles. The highest BCUT2D eigenvalue weighted by molar-refractivity contribution is 5.89. The molecule has 0 spiro atoms. The van der Waals surface area contributed by atoms with Gasteiger partial charge in [-0.3, -0.25) is 4.90 Å². The second kappa shape index (κ2) is 10.8. The largest absolute Gasteiger partial charge is 0.387 e. The average Bonchev–Trinajstić information content (AvgIpc) is 3.15. The summed E-state index contributed by atoms with van der Waals surface area (Å²) in [5, 5.41) is 14.3. The van der Waals surface area contributed by atoms with Crippen molar-refractivity contribution in [1.29, 1.82) is 0 Å². The van der Waals surface area contributed by atoms with Crippen molar-refractivity contribution in [2.45, 2.75) is 26.0 Å². The molecule has 1 atom stereocenters. The molecule has 2 fully saturated rings. The molecule has 0 aromatic carbocycles. The Morgan fingerprint density at radius 3 is 2.66 bits per heavy atom. The van der Waals surface area contributed by atoms with E-state index in [4.69, 9.17) is 14.7 Å².